The summed E-state index contributed by atoms with van der Waals surface area (Å²) in [5.74, 6) is -0.542. The van der Waals surface area contributed by atoms with Gasteiger partial charge in [-0.2, -0.15) is 0 Å². The van der Waals surface area contributed by atoms with Crippen LogP contribution in [0.2, 0.25) is 0 Å². The van der Waals surface area contributed by atoms with Crippen LogP contribution in [0.4, 0.5) is 15.8 Å². The minimum absolute atomic E-state index is 0.145. The summed E-state index contributed by atoms with van der Waals surface area (Å²) in [5.41, 5.74) is 8.74. The van der Waals surface area contributed by atoms with Crippen molar-refractivity contribution in [1.29, 1.82) is 5.41 Å². The van der Waals surface area contributed by atoms with Crippen LogP contribution >= 0.6 is 0 Å². The number of benzene rings is 2. The fourth-order valence-corrected chi connectivity index (χ4v) is 1.92. The van der Waals surface area contributed by atoms with Gasteiger partial charge in [0.15, 0.2) is 0 Å². The molecule has 0 atom stereocenters. The van der Waals surface area contributed by atoms with Gasteiger partial charge in [0.1, 0.15) is 11.7 Å². The number of nitrogens with zero attached hydrogens (tertiary/aromatic N) is 1. The minimum Gasteiger partial charge on any atom is -0.384 e. The number of amidine groups is 1. The Hall–Kier alpha value is -2.36. The van der Waals surface area contributed by atoms with E-state index in [1.165, 1.54) is 17.7 Å². The zero-order valence-corrected chi connectivity index (χ0v) is 10.9. The van der Waals surface area contributed by atoms with E-state index in [2.05, 4.69) is 0 Å². The Kier molecular flexibility index (Phi) is 3.51. The third-order valence-corrected chi connectivity index (χ3v) is 3.03. The summed E-state index contributed by atoms with van der Waals surface area (Å²) in [4.78, 5) is 1.88. The number of rotatable bonds is 3. The highest BCUT2D eigenvalue weighted by Crippen LogP contribution is 2.27. The molecule has 19 heavy (non-hydrogen) atoms. The van der Waals surface area contributed by atoms with E-state index < -0.39 is 5.82 Å². The monoisotopic (exact) mass is 257 g/mol. The van der Waals surface area contributed by atoms with Crippen molar-refractivity contribution in [3.8, 4) is 0 Å². The van der Waals surface area contributed by atoms with Crippen LogP contribution in [0, 0.1) is 18.2 Å². The molecule has 0 heterocycles. The Morgan fingerprint density at radius 3 is 2.37 bits per heavy atom. The summed E-state index contributed by atoms with van der Waals surface area (Å²) in [6, 6.07) is 12.2. The molecule has 3 nitrogen and oxygen atoms in total. The third kappa shape index (κ3) is 2.73. The van der Waals surface area contributed by atoms with E-state index in [9.17, 15) is 4.39 Å². The number of nitrogens with two attached hydrogens (primary N) is 1. The lowest BCUT2D eigenvalue weighted by Crippen LogP contribution is -2.18. The third-order valence-electron chi connectivity index (χ3n) is 3.03. The maximum absolute atomic E-state index is 13.3. The Bertz CT molecular complexity index is 605. The summed E-state index contributed by atoms with van der Waals surface area (Å²) in [6.07, 6.45) is 0. The molecule has 0 spiro atoms. The van der Waals surface area contributed by atoms with Crippen LogP contribution < -0.4 is 10.6 Å². The molecule has 4 heteroatoms. The topological polar surface area (TPSA) is 53.1 Å². The molecular formula is C15H16FN3. The molecule has 3 N–H and O–H groups in total. The fourth-order valence-electron chi connectivity index (χ4n) is 1.92. The molecule has 98 valence electrons. The first kappa shape index (κ1) is 13.1. The molecule has 0 radical (unpaired) electrons. The van der Waals surface area contributed by atoms with Crippen molar-refractivity contribution < 1.29 is 4.39 Å². The average Bonchev–Trinajstić information content (AvgIpc) is 2.38. The second kappa shape index (κ2) is 5.10. The quantitative estimate of drug-likeness (QED) is 0.655. The van der Waals surface area contributed by atoms with E-state index in [1.807, 2.05) is 43.1 Å². The predicted molar refractivity (Wildman–Crippen MR) is 76.7 cm³/mol. The van der Waals surface area contributed by atoms with Crippen molar-refractivity contribution in [1.82, 2.24) is 0 Å². The van der Waals surface area contributed by atoms with E-state index in [0.29, 0.717) is 11.3 Å². The van der Waals surface area contributed by atoms with Crippen molar-refractivity contribution in [2.45, 2.75) is 6.92 Å². The molecule has 0 saturated heterocycles. The lowest BCUT2D eigenvalue weighted by Gasteiger charge is -2.22. The highest BCUT2D eigenvalue weighted by molar-refractivity contribution is 6.01. The van der Waals surface area contributed by atoms with Gasteiger partial charge in [0.25, 0.3) is 0 Å². The molecule has 0 aliphatic carbocycles. The summed E-state index contributed by atoms with van der Waals surface area (Å²) in [6.45, 7) is 2.02. The molecule has 0 saturated carbocycles. The maximum Gasteiger partial charge on any atom is 0.125 e. The molecular weight excluding hydrogens is 241 g/mol. The summed E-state index contributed by atoms with van der Waals surface area (Å²) < 4.78 is 13.3. The van der Waals surface area contributed by atoms with Crippen molar-refractivity contribution >= 4 is 17.2 Å². The van der Waals surface area contributed by atoms with E-state index in [-0.39, 0.29) is 5.84 Å². The number of nitrogen functional groups attached to an aromatic ring is 1. The van der Waals surface area contributed by atoms with Gasteiger partial charge >= 0.3 is 0 Å². The Morgan fingerprint density at radius 1 is 1.16 bits per heavy atom. The lowest BCUT2D eigenvalue weighted by atomic mass is 10.1. The van der Waals surface area contributed by atoms with Gasteiger partial charge < -0.3 is 10.6 Å². The van der Waals surface area contributed by atoms with Gasteiger partial charge in [-0.15, -0.1) is 0 Å². The number of hydrogen-bond acceptors (Lipinski definition) is 2. The highest BCUT2D eigenvalue weighted by atomic mass is 19.1. The molecule has 0 fully saturated rings. The summed E-state index contributed by atoms with van der Waals surface area (Å²) in [5, 5.41) is 7.55. The lowest BCUT2D eigenvalue weighted by molar-refractivity contribution is 0.627. The van der Waals surface area contributed by atoms with Gasteiger partial charge in [0, 0.05) is 18.3 Å². The molecule has 0 aromatic heterocycles. The summed E-state index contributed by atoms with van der Waals surface area (Å²) in [7, 11) is 1.87. The van der Waals surface area contributed by atoms with E-state index in [4.69, 9.17) is 11.1 Å². The normalized spacial score (nSPS) is 10.3. The van der Waals surface area contributed by atoms with Crippen LogP contribution in [0.5, 0.6) is 0 Å². The van der Waals surface area contributed by atoms with Crippen LogP contribution in [0.1, 0.15) is 11.1 Å². The molecule has 2 rings (SSSR count). The van der Waals surface area contributed by atoms with E-state index in [1.54, 1.807) is 6.07 Å². The standard InChI is InChI=1S/C15H16FN3/c1-10-3-6-12(7-4-10)19(2)14-8-5-11(16)9-13(14)15(17)18/h3-9H,1-2H3,(H3,17,18). The van der Waals surface area contributed by atoms with Gasteiger partial charge in [0.05, 0.1) is 5.69 Å². The predicted octanol–water partition coefficient (Wildman–Crippen LogP) is 3.19. The Balaban J connectivity index is 2.46. The van der Waals surface area contributed by atoms with Crippen LogP contribution in [-0.4, -0.2) is 12.9 Å². The van der Waals surface area contributed by atoms with Crippen molar-refractivity contribution in [3.63, 3.8) is 0 Å². The molecule has 0 bridgehead atoms. The Morgan fingerprint density at radius 2 is 1.79 bits per heavy atom. The van der Waals surface area contributed by atoms with Crippen LogP contribution in [0.3, 0.4) is 0 Å². The second-order valence-electron chi connectivity index (χ2n) is 4.47. The zero-order valence-electron chi connectivity index (χ0n) is 10.9. The average molecular weight is 257 g/mol. The highest BCUT2D eigenvalue weighted by Gasteiger charge is 2.12. The second-order valence-corrected chi connectivity index (χ2v) is 4.47. The maximum atomic E-state index is 13.3. The van der Waals surface area contributed by atoms with Gasteiger partial charge in [-0.1, -0.05) is 17.7 Å². The van der Waals surface area contributed by atoms with Crippen LogP contribution in [-0.2, 0) is 0 Å². The summed E-state index contributed by atoms with van der Waals surface area (Å²) >= 11 is 0. The van der Waals surface area contributed by atoms with Crippen molar-refractivity contribution in [2.24, 2.45) is 5.73 Å². The van der Waals surface area contributed by atoms with E-state index >= 15 is 0 Å². The number of aryl methyl sites for hydroxylation is 1. The number of halogens is 1. The fraction of sp³-hybridized carbons (Fsp3) is 0.133. The smallest absolute Gasteiger partial charge is 0.125 e. The molecule has 2 aromatic carbocycles. The molecule has 0 aliphatic heterocycles. The van der Waals surface area contributed by atoms with Gasteiger partial charge in [-0.3, -0.25) is 5.41 Å². The van der Waals surface area contributed by atoms with Gasteiger partial charge in [-0.25, -0.2) is 4.39 Å². The molecule has 0 amide bonds. The largest absolute Gasteiger partial charge is 0.384 e. The first-order chi connectivity index (χ1) is 8.99. The number of anilines is 2. The molecule has 0 aliphatic rings. The Labute approximate surface area is 112 Å². The number of hydrogen-bond donors (Lipinski definition) is 2. The minimum atomic E-state index is -0.397. The van der Waals surface area contributed by atoms with Crippen molar-refractivity contribution in [2.75, 3.05) is 11.9 Å². The SMILES string of the molecule is Cc1ccc(N(C)c2ccc(F)cc2C(=N)N)cc1. The first-order valence-corrected chi connectivity index (χ1v) is 5.93. The number of nitrogens with one attached hydrogen (secondary N) is 1. The first-order valence-electron chi connectivity index (χ1n) is 5.93. The molecule has 0 unspecified atom stereocenters. The van der Waals surface area contributed by atoms with E-state index in [0.717, 1.165) is 5.69 Å². The van der Waals surface area contributed by atoms with Crippen LogP contribution in [0.25, 0.3) is 0 Å². The van der Waals surface area contributed by atoms with Crippen molar-refractivity contribution in [3.05, 3.63) is 59.4 Å². The zero-order chi connectivity index (χ0) is 14.0. The van der Waals surface area contributed by atoms with Gasteiger partial charge in [-0.05, 0) is 37.3 Å². The molecule has 2 aromatic rings. The van der Waals surface area contributed by atoms with Gasteiger partial charge in [0.2, 0.25) is 0 Å². The van der Waals surface area contributed by atoms with Crippen LogP contribution in [0.15, 0.2) is 42.5 Å².